The molecule has 9 aromatic rings. The number of nitrogens with zero attached hydrogens (tertiary/aromatic N) is 2. The summed E-state index contributed by atoms with van der Waals surface area (Å²) in [5, 5.41) is 2.59. The predicted molar refractivity (Wildman–Crippen MR) is 231 cm³/mol. The van der Waals surface area contributed by atoms with Crippen molar-refractivity contribution in [2.24, 2.45) is 0 Å². The van der Waals surface area contributed by atoms with Crippen LogP contribution in [0, 0.1) is 0 Å². The third-order valence-electron chi connectivity index (χ3n) is 11.3. The number of thiophene rings is 1. The van der Waals surface area contributed by atoms with Gasteiger partial charge in [0.1, 0.15) is 0 Å². The molecule has 2 heterocycles. The molecule has 0 spiro atoms. The zero-order valence-electron chi connectivity index (χ0n) is 29.9. The van der Waals surface area contributed by atoms with Crippen LogP contribution in [0.2, 0.25) is 0 Å². The van der Waals surface area contributed by atoms with Crippen molar-refractivity contribution in [3.8, 4) is 67.0 Å². The molecule has 0 fully saturated rings. The molecule has 11 rings (SSSR count). The van der Waals surface area contributed by atoms with Crippen molar-refractivity contribution in [3.63, 3.8) is 0 Å². The molecule has 2 aliphatic carbocycles. The Morgan fingerprint density at radius 2 is 1.05 bits per heavy atom. The minimum Gasteiger partial charge on any atom is -0.252 e. The van der Waals surface area contributed by atoms with Gasteiger partial charge in [-0.15, -0.1) is 11.3 Å². The normalized spacial score (nSPS) is 15.5. The van der Waals surface area contributed by atoms with Gasteiger partial charge in [-0.2, -0.15) is 0 Å². The van der Waals surface area contributed by atoms with Gasteiger partial charge in [-0.05, 0) is 80.9 Å². The summed E-state index contributed by atoms with van der Waals surface area (Å²) in [6.07, 6.45) is 10.8. The number of rotatable bonds is 5. The molecular weight excluding hydrogens is 685 g/mol. The first-order chi connectivity index (χ1) is 27.2. The summed E-state index contributed by atoms with van der Waals surface area (Å²) in [7, 11) is 0. The van der Waals surface area contributed by atoms with E-state index >= 15 is 0 Å². The Balaban J connectivity index is 1.02. The fourth-order valence-electron chi connectivity index (χ4n) is 8.58. The van der Waals surface area contributed by atoms with Gasteiger partial charge >= 0.3 is 0 Å². The fourth-order valence-corrected chi connectivity index (χ4v) is 9.78. The van der Waals surface area contributed by atoms with Crippen molar-refractivity contribution in [2.75, 3.05) is 0 Å². The molecule has 2 atom stereocenters. The lowest BCUT2D eigenvalue weighted by molar-refractivity contribution is 0.692. The standard InChI is InChI=1S/C52H34N2S/c1-3-13-33(14-4-1)37-25-26-49-46(29-37)47-31-40(34-15-5-2-6-16-34)30-45(52(47)55-49)38-19-11-17-35(27-38)36-18-12-20-39(28-36)48-32-53-50-43-23-9-7-21-41(43)42-22-8-10-24-44(42)51(50)54-48/h1-32,42,44H. The van der Waals surface area contributed by atoms with Gasteiger partial charge in [0.25, 0.3) is 0 Å². The lowest BCUT2D eigenvalue weighted by Gasteiger charge is -2.32. The van der Waals surface area contributed by atoms with Gasteiger partial charge in [-0.25, -0.2) is 4.98 Å². The number of benzene rings is 7. The third kappa shape index (κ3) is 5.47. The SMILES string of the molecule is C1=CC2c3ccccc3-c3ncc(-c4cccc(-c5cccc(-c6cc(-c7ccccc7)cc7c6sc6ccc(-c8ccccc8)cc67)c5)c4)nc3C2C=C1. The van der Waals surface area contributed by atoms with Crippen LogP contribution in [0.4, 0.5) is 0 Å². The van der Waals surface area contributed by atoms with E-state index in [2.05, 4.69) is 188 Å². The minimum absolute atomic E-state index is 0.171. The minimum atomic E-state index is 0.171. The van der Waals surface area contributed by atoms with Crippen LogP contribution in [0.3, 0.4) is 0 Å². The highest BCUT2D eigenvalue weighted by atomic mass is 32.1. The van der Waals surface area contributed by atoms with Crippen LogP contribution in [-0.2, 0) is 0 Å². The summed E-state index contributed by atoms with van der Waals surface area (Å²) in [5.41, 5.74) is 16.2. The maximum absolute atomic E-state index is 5.34. The first kappa shape index (κ1) is 31.8. The number of hydrogen-bond acceptors (Lipinski definition) is 3. The predicted octanol–water partition coefficient (Wildman–Crippen LogP) is 14.2. The van der Waals surface area contributed by atoms with E-state index in [0.29, 0.717) is 0 Å². The summed E-state index contributed by atoms with van der Waals surface area (Å²) in [4.78, 5) is 10.4. The van der Waals surface area contributed by atoms with Gasteiger partial charge in [0.05, 0.1) is 23.3 Å². The summed E-state index contributed by atoms with van der Waals surface area (Å²) < 4.78 is 2.60. The van der Waals surface area contributed by atoms with Crippen molar-refractivity contribution < 1.29 is 0 Å². The van der Waals surface area contributed by atoms with E-state index in [0.717, 1.165) is 28.2 Å². The van der Waals surface area contributed by atoms with E-state index in [4.69, 9.17) is 9.97 Å². The van der Waals surface area contributed by atoms with Crippen LogP contribution >= 0.6 is 11.3 Å². The molecule has 0 amide bonds. The lowest BCUT2D eigenvalue weighted by Crippen LogP contribution is -2.19. The Bertz CT molecular complexity index is 2990. The summed E-state index contributed by atoms with van der Waals surface area (Å²) in [6, 6.07) is 59.5. The maximum atomic E-state index is 5.34. The highest BCUT2D eigenvalue weighted by Crippen LogP contribution is 2.49. The van der Waals surface area contributed by atoms with Crippen LogP contribution in [0.15, 0.2) is 194 Å². The largest absolute Gasteiger partial charge is 0.252 e. The number of aromatic nitrogens is 2. The van der Waals surface area contributed by atoms with E-state index in [9.17, 15) is 0 Å². The second-order valence-electron chi connectivity index (χ2n) is 14.5. The zero-order valence-corrected chi connectivity index (χ0v) is 30.7. The molecule has 2 aliphatic rings. The molecule has 0 radical (unpaired) electrons. The highest BCUT2D eigenvalue weighted by Gasteiger charge is 2.34. The Hall–Kier alpha value is -6.68. The van der Waals surface area contributed by atoms with Gasteiger partial charge in [0, 0.05) is 48.7 Å². The average molecular weight is 719 g/mol. The third-order valence-corrected chi connectivity index (χ3v) is 12.5. The van der Waals surface area contributed by atoms with E-state index < -0.39 is 0 Å². The monoisotopic (exact) mass is 718 g/mol. The summed E-state index contributed by atoms with van der Waals surface area (Å²) in [6.45, 7) is 0. The molecule has 0 aliphatic heterocycles. The molecule has 258 valence electrons. The molecule has 55 heavy (non-hydrogen) atoms. The first-order valence-electron chi connectivity index (χ1n) is 18.9. The molecule has 7 aromatic carbocycles. The highest BCUT2D eigenvalue weighted by molar-refractivity contribution is 7.26. The van der Waals surface area contributed by atoms with Crippen LogP contribution < -0.4 is 0 Å². The second kappa shape index (κ2) is 13.0. The molecule has 2 unspecified atom stereocenters. The molecule has 3 heteroatoms. The van der Waals surface area contributed by atoms with E-state index in [-0.39, 0.29) is 11.8 Å². The van der Waals surface area contributed by atoms with Crippen molar-refractivity contribution in [1.29, 1.82) is 0 Å². The van der Waals surface area contributed by atoms with Gasteiger partial charge in [-0.3, -0.25) is 4.98 Å². The molecule has 2 aromatic heterocycles. The van der Waals surface area contributed by atoms with E-state index in [1.807, 2.05) is 17.5 Å². The van der Waals surface area contributed by atoms with Crippen LogP contribution in [0.25, 0.3) is 87.2 Å². The number of allylic oxidation sites excluding steroid dienone is 4. The summed E-state index contributed by atoms with van der Waals surface area (Å²) in [5.74, 6) is 0.440. The van der Waals surface area contributed by atoms with Crippen LogP contribution in [-0.4, -0.2) is 9.97 Å². The van der Waals surface area contributed by atoms with Crippen molar-refractivity contribution >= 4 is 31.5 Å². The van der Waals surface area contributed by atoms with Crippen molar-refractivity contribution in [2.45, 2.75) is 11.8 Å². The average Bonchev–Trinajstić information content (AvgIpc) is 3.65. The van der Waals surface area contributed by atoms with Gasteiger partial charge < -0.3 is 0 Å². The molecular formula is C52H34N2S. The molecule has 0 saturated carbocycles. The Morgan fingerprint density at radius 1 is 0.436 bits per heavy atom. The number of hydrogen-bond donors (Lipinski definition) is 0. The Labute approximate surface area is 324 Å². The Kier molecular flexibility index (Phi) is 7.53. The van der Waals surface area contributed by atoms with Gasteiger partial charge in [0.15, 0.2) is 0 Å². The summed E-state index contributed by atoms with van der Waals surface area (Å²) >= 11 is 1.88. The van der Waals surface area contributed by atoms with E-state index in [1.54, 1.807) is 0 Å². The molecule has 2 nitrogen and oxygen atoms in total. The number of fused-ring (bicyclic) bond motifs is 9. The lowest BCUT2D eigenvalue weighted by atomic mass is 9.73. The van der Waals surface area contributed by atoms with Gasteiger partial charge in [-0.1, -0.05) is 152 Å². The second-order valence-corrected chi connectivity index (χ2v) is 15.6. The quantitative estimate of drug-likeness (QED) is 0.177. The maximum Gasteiger partial charge on any atom is 0.0927 e. The Morgan fingerprint density at radius 3 is 1.85 bits per heavy atom. The van der Waals surface area contributed by atoms with Crippen LogP contribution in [0.1, 0.15) is 23.1 Å². The first-order valence-corrected chi connectivity index (χ1v) is 19.7. The molecule has 0 bridgehead atoms. The fraction of sp³-hybridized carbons (Fsp3) is 0.0385. The van der Waals surface area contributed by atoms with E-state index in [1.165, 1.54) is 70.2 Å². The zero-order chi connectivity index (χ0) is 36.3. The molecule has 0 saturated heterocycles. The van der Waals surface area contributed by atoms with Crippen LogP contribution in [0.5, 0.6) is 0 Å². The van der Waals surface area contributed by atoms with Crippen molar-refractivity contribution in [1.82, 2.24) is 9.97 Å². The van der Waals surface area contributed by atoms with Gasteiger partial charge in [0.2, 0.25) is 0 Å². The van der Waals surface area contributed by atoms with Crippen molar-refractivity contribution in [3.05, 3.63) is 206 Å². The molecule has 0 N–H and O–H groups in total. The topological polar surface area (TPSA) is 25.8 Å². The smallest absolute Gasteiger partial charge is 0.0927 e.